The van der Waals surface area contributed by atoms with Gasteiger partial charge in [0.15, 0.2) is 9.84 Å². The summed E-state index contributed by atoms with van der Waals surface area (Å²) in [6, 6.07) is -0.167. The van der Waals surface area contributed by atoms with Crippen molar-refractivity contribution < 1.29 is 13.2 Å². The molecule has 0 aromatic rings. The topological polar surface area (TPSA) is 80.5 Å². The summed E-state index contributed by atoms with van der Waals surface area (Å²) in [5, 5.41) is 0. The van der Waals surface area contributed by atoms with Crippen LogP contribution < -0.4 is 5.73 Å². The standard InChI is InChI=1S/C14H26N2O3S/c1-2-3-9-16(12-6-10-20(18,19)11-12)13(17)14(15)7-4-5-8-14/h12H,2-11,15H2,1H3. The molecular weight excluding hydrogens is 276 g/mol. The van der Waals surface area contributed by atoms with Gasteiger partial charge in [-0.2, -0.15) is 0 Å². The molecule has 0 aromatic heterocycles. The van der Waals surface area contributed by atoms with E-state index in [1.165, 1.54) is 0 Å². The number of nitrogens with zero attached hydrogens (tertiary/aromatic N) is 1. The third-order valence-electron chi connectivity index (χ3n) is 4.58. The SMILES string of the molecule is CCCCN(C(=O)C1(N)CCCC1)C1CCS(=O)(=O)C1. The van der Waals surface area contributed by atoms with Gasteiger partial charge in [0, 0.05) is 12.6 Å². The Morgan fingerprint density at radius 3 is 2.50 bits per heavy atom. The maximum atomic E-state index is 12.8. The third kappa shape index (κ3) is 3.34. The zero-order valence-electron chi connectivity index (χ0n) is 12.3. The van der Waals surface area contributed by atoms with Gasteiger partial charge in [0.2, 0.25) is 5.91 Å². The largest absolute Gasteiger partial charge is 0.337 e. The van der Waals surface area contributed by atoms with Gasteiger partial charge in [0.1, 0.15) is 0 Å². The molecule has 1 aliphatic carbocycles. The lowest BCUT2D eigenvalue weighted by molar-refractivity contribution is -0.138. The molecule has 2 N–H and O–H groups in total. The number of sulfone groups is 1. The Bertz CT molecular complexity index is 455. The molecule has 2 rings (SSSR count). The smallest absolute Gasteiger partial charge is 0.242 e. The van der Waals surface area contributed by atoms with Gasteiger partial charge in [-0.25, -0.2) is 8.42 Å². The fourth-order valence-corrected chi connectivity index (χ4v) is 5.04. The molecule has 2 fully saturated rings. The quantitative estimate of drug-likeness (QED) is 0.824. The molecule has 116 valence electrons. The lowest BCUT2D eigenvalue weighted by atomic mass is 9.96. The van der Waals surface area contributed by atoms with Gasteiger partial charge >= 0.3 is 0 Å². The van der Waals surface area contributed by atoms with E-state index in [4.69, 9.17) is 5.73 Å². The number of hydrogen-bond acceptors (Lipinski definition) is 4. The lowest BCUT2D eigenvalue weighted by Gasteiger charge is -2.35. The van der Waals surface area contributed by atoms with Crippen molar-refractivity contribution in [3.8, 4) is 0 Å². The van der Waals surface area contributed by atoms with Crippen molar-refractivity contribution in [2.45, 2.75) is 63.5 Å². The van der Waals surface area contributed by atoms with Crippen molar-refractivity contribution in [3.05, 3.63) is 0 Å². The van der Waals surface area contributed by atoms with E-state index >= 15 is 0 Å². The molecule has 1 saturated heterocycles. The van der Waals surface area contributed by atoms with E-state index < -0.39 is 15.4 Å². The highest BCUT2D eigenvalue weighted by Crippen LogP contribution is 2.31. The van der Waals surface area contributed by atoms with E-state index in [2.05, 4.69) is 6.92 Å². The van der Waals surface area contributed by atoms with E-state index in [9.17, 15) is 13.2 Å². The second-order valence-corrected chi connectivity index (χ2v) is 8.50. The maximum absolute atomic E-state index is 12.8. The van der Waals surface area contributed by atoms with Gasteiger partial charge in [-0.3, -0.25) is 4.79 Å². The number of rotatable bonds is 5. The van der Waals surface area contributed by atoms with Crippen LogP contribution in [0.4, 0.5) is 0 Å². The summed E-state index contributed by atoms with van der Waals surface area (Å²) in [4.78, 5) is 14.6. The predicted octanol–water partition coefficient (Wildman–Crippen LogP) is 1.07. The van der Waals surface area contributed by atoms with Crippen LogP contribution in [-0.2, 0) is 14.6 Å². The number of carbonyl (C=O) groups excluding carboxylic acids is 1. The predicted molar refractivity (Wildman–Crippen MR) is 79.1 cm³/mol. The molecule has 1 aliphatic heterocycles. The first-order valence-electron chi connectivity index (χ1n) is 7.68. The molecule has 6 heteroatoms. The van der Waals surface area contributed by atoms with Gasteiger partial charge in [-0.15, -0.1) is 0 Å². The molecule has 0 spiro atoms. The van der Waals surface area contributed by atoms with Crippen molar-refractivity contribution >= 4 is 15.7 Å². The van der Waals surface area contributed by atoms with Crippen molar-refractivity contribution in [1.82, 2.24) is 4.90 Å². The molecule has 0 radical (unpaired) electrons. The van der Waals surface area contributed by atoms with Crippen molar-refractivity contribution in [3.63, 3.8) is 0 Å². The molecular formula is C14H26N2O3S. The van der Waals surface area contributed by atoms with E-state index in [0.717, 1.165) is 38.5 Å². The molecule has 1 unspecified atom stereocenters. The zero-order chi connectivity index (χ0) is 14.8. The highest BCUT2D eigenvalue weighted by Gasteiger charge is 2.43. The van der Waals surface area contributed by atoms with Crippen LogP contribution in [0, 0.1) is 0 Å². The molecule has 1 heterocycles. The minimum absolute atomic E-state index is 0.0226. The fraction of sp³-hybridized carbons (Fsp3) is 0.929. The molecule has 1 atom stereocenters. The maximum Gasteiger partial charge on any atom is 0.242 e. The molecule has 0 aromatic carbocycles. The van der Waals surface area contributed by atoms with Crippen LogP contribution >= 0.6 is 0 Å². The van der Waals surface area contributed by atoms with Gasteiger partial charge in [0.05, 0.1) is 17.0 Å². The Kier molecular flexibility index (Phi) is 4.74. The third-order valence-corrected chi connectivity index (χ3v) is 6.33. The molecule has 5 nitrogen and oxygen atoms in total. The summed E-state index contributed by atoms with van der Waals surface area (Å²) in [6.45, 7) is 2.70. The van der Waals surface area contributed by atoms with Crippen LogP contribution in [0.3, 0.4) is 0 Å². The van der Waals surface area contributed by atoms with Gasteiger partial charge < -0.3 is 10.6 Å². The van der Waals surface area contributed by atoms with Crippen LogP contribution in [0.15, 0.2) is 0 Å². The Labute approximate surface area is 121 Å². The Morgan fingerprint density at radius 1 is 1.35 bits per heavy atom. The molecule has 2 aliphatic rings. The van der Waals surface area contributed by atoms with E-state index in [0.29, 0.717) is 13.0 Å². The lowest BCUT2D eigenvalue weighted by Crippen LogP contribution is -2.56. The van der Waals surface area contributed by atoms with Crippen molar-refractivity contribution in [2.75, 3.05) is 18.1 Å². The van der Waals surface area contributed by atoms with Gasteiger partial charge in [-0.1, -0.05) is 26.2 Å². The second-order valence-electron chi connectivity index (χ2n) is 6.27. The number of amides is 1. The van der Waals surface area contributed by atoms with E-state index in [1.54, 1.807) is 4.90 Å². The first kappa shape index (κ1) is 15.8. The fourth-order valence-electron chi connectivity index (χ4n) is 3.31. The Morgan fingerprint density at radius 2 is 2.00 bits per heavy atom. The Balaban J connectivity index is 2.13. The van der Waals surface area contributed by atoms with Crippen molar-refractivity contribution in [1.29, 1.82) is 0 Å². The molecule has 0 bridgehead atoms. The van der Waals surface area contributed by atoms with Crippen molar-refractivity contribution in [2.24, 2.45) is 5.73 Å². The summed E-state index contributed by atoms with van der Waals surface area (Å²) in [5.41, 5.74) is 5.52. The summed E-state index contributed by atoms with van der Waals surface area (Å²) in [6.07, 6.45) is 5.90. The average Bonchev–Trinajstić information content (AvgIpc) is 2.97. The average molecular weight is 302 g/mol. The van der Waals surface area contributed by atoms with Crippen LogP contribution in [0.25, 0.3) is 0 Å². The van der Waals surface area contributed by atoms with Gasteiger partial charge in [-0.05, 0) is 25.7 Å². The normalized spacial score (nSPS) is 27.6. The highest BCUT2D eigenvalue weighted by molar-refractivity contribution is 7.91. The minimum Gasteiger partial charge on any atom is -0.337 e. The number of carbonyl (C=O) groups is 1. The summed E-state index contributed by atoms with van der Waals surface area (Å²) in [7, 11) is -2.98. The van der Waals surface area contributed by atoms with Gasteiger partial charge in [0.25, 0.3) is 0 Å². The molecule has 20 heavy (non-hydrogen) atoms. The summed E-state index contributed by atoms with van der Waals surface area (Å²) >= 11 is 0. The van der Waals surface area contributed by atoms with E-state index in [1.807, 2.05) is 0 Å². The monoisotopic (exact) mass is 302 g/mol. The van der Waals surface area contributed by atoms with Crippen LogP contribution in [0.5, 0.6) is 0 Å². The minimum atomic E-state index is -2.98. The first-order chi connectivity index (χ1) is 9.38. The van der Waals surface area contributed by atoms with Crippen LogP contribution in [-0.4, -0.2) is 48.9 Å². The second kappa shape index (κ2) is 6.02. The first-order valence-corrected chi connectivity index (χ1v) is 9.50. The number of nitrogens with two attached hydrogens (primary N) is 1. The highest BCUT2D eigenvalue weighted by atomic mass is 32.2. The molecule has 1 saturated carbocycles. The van der Waals surface area contributed by atoms with Crippen LogP contribution in [0.2, 0.25) is 0 Å². The summed E-state index contributed by atoms with van der Waals surface area (Å²) < 4.78 is 23.3. The Hall–Kier alpha value is -0.620. The zero-order valence-corrected chi connectivity index (χ0v) is 13.1. The number of hydrogen-bond donors (Lipinski definition) is 1. The van der Waals surface area contributed by atoms with Crippen LogP contribution in [0.1, 0.15) is 51.9 Å². The number of unbranched alkanes of at least 4 members (excludes halogenated alkanes) is 1. The summed E-state index contributed by atoms with van der Waals surface area (Å²) in [5.74, 6) is 0.287. The molecule has 1 amide bonds. The van der Waals surface area contributed by atoms with E-state index in [-0.39, 0.29) is 23.5 Å².